The van der Waals surface area contributed by atoms with Gasteiger partial charge in [0.15, 0.2) is 0 Å². The molecule has 0 radical (unpaired) electrons. The van der Waals surface area contributed by atoms with Crippen LogP contribution < -0.4 is 0 Å². The molecule has 2 aromatic carbocycles. The highest BCUT2D eigenvalue weighted by Crippen LogP contribution is 2.43. The third-order valence-electron chi connectivity index (χ3n) is 4.52. The summed E-state index contributed by atoms with van der Waals surface area (Å²) in [6.07, 6.45) is 2.21. The Hall–Kier alpha value is -1.60. The van der Waals surface area contributed by atoms with Crippen LogP contribution in [0.25, 0.3) is 0 Å². The second-order valence-electron chi connectivity index (χ2n) is 6.36. The zero-order valence-electron chi connectivity index (χ0n) is 12.3. The monoisotopic (exact) mass is 266 g/mol. The molecule has 1 aliphatic heterocycles. The van der Waals surface area contributed by atoms with E-state index in [0.717, 1.165) is 19.4 Å². The maximum atomic E-state index is 6.19. The number of hydrogen-bond donors (Lipinski definition) is 0. The maximum absolute atomic E-state index is 6.19. The van der Waals surface area contributed by atoms with Gasteiger partial charge in [-0.3, -0.25) is 0 Å². The molecule has 0 unspecified atom stereocenters. The van der Waals surface area contributed by atoms with E-state index in [-0.39, 0.29) is 11.0 Å². The fraction of sp³-hybridized carbons (Fsp3) is 0.368. The summed E-state index contributed by atoms with van der Waals surface area (Å²) in [5.41, 5.74) is 2.72. The smallest absolute Gasteiger partial charge is 0.0627 e. The molecule has 2 aromatic rings. The third-order valence-corrected chi connectivity index (χ3v) is 4.52. The Bertz CT molecular complexity index is 505. The zero-order valence-corrected chi connectivity index (χ0v) is 12.3. The molecule has 1 nitrogen and oxygen atoms in total. The van der Waals surface area contributed by atoms with Gasteiger partial charge < -0.3 is 4.74 Å². The SMILES string of the molecule is CC1(C)CCC(c2ccccc2)(c2ccccc2)CO1. The van der Waals surface area contributed by atoms with E-state index < -0.39 is 0 Å². The molecular formula is C19H22O. The van der Waals surface area contributed by atoms with Crippen molar-refractivity contribution < 1.29 is 4.74 Å². The van der Waals surface area contributed by atoms with Crippen molar-refractivity contribution in [3.8, 4) is 0 Å². The Morgan fingerprint density at radius 3 is 1.65 bits per heavy atom. The number of rotatable bonds is 2. The minimum atomic E-state index is -0.00688. The molecule has 0 N–H and O–H groups in total. The molecule has 0 amide bonds. The lowest BCUT2D eigenvalue weighted by Crippen LogP contribution is -2.44. The maximum Gasteiger partial charge on any atom is 0.0627 e. The molecular weight excluding hydrogens is 244 g/mol. The standard InChI is InChI=1S/C19H22O/c1-18(2)13-14-19(15-20-18,16-9-5-3-6-10-16)17-11-7-4-8-12-17/h3-12H,13-15H2,1-2H3. The van der Waals surface area contributed by atoms with Gasteiger partial charge in [0.1, 0.15) is 0 Å². The lowest BCUT2D eigenvalue weighted by molar-refractivity contribution is -0.0790. The average molecular weight is 266 g/mol. The fourth-order valence-corrected chi connectivity index (χ4v) is 3.11. The van der Waals surface area contributed by atoms with E-state index in [1.165, 1.54) is 11.1 Å². The summed E-state index contributed by atoms with van der Waals surface area (Å²) < 4.78 is 6.19. The molecule has 0 atom stereocenters. The van der Waals surface area contributed by atoms with Crippen molar-refractivity contribution in [1.29, 1.82) is 0 Å². The summed E-state index contributed by atoms with van der Waals surface area (Å²) in [6, 6.07) is 21.6. The summed E-state index contributed by atoms with van der Waals surface area (Å²) >= 11 is 0. The van der Waals surface area contributed by atoms with Gasteiger partial charge in [-0.05, 0) is 37.8 Å². The van der Waals surface area contributed by atoms with Crippen molar-refractivity contribution in [3.05, 3.63) is 71.8 Å². The van der Waals surface area contributed by atoms with Gasteiger partial charge in [0.25, 0.3) is 0 Å². The van der Waals surface area contributed by atoms with E-state index in [9.17, 15) is 0 Å². The second kappa shape index (κ2) is 5.06. The van der Waals surface area contributed by atoms with Crippen LogP contribution in [0, 0.1) is 0 Å². The quantitative estimate of drug-likeness (QED) is 0.774. The van der Waals surface area contributed by atoms with Gasteiger partial charge in [0, 0.05) is 5.41 Å². The molecule has 3 rings (SSSR count). The predicted molar refractivity (Wildman–Crippen MR) is 82.9 cm³/mol. The first kappa shape index (κ1) is 13.4. The Morgan fingerprint density at radius 1 is 0.750 bits per heavy atom. The van der Waals surface area contributed by atoms with Gasteiger partial charge in [0.2, 0.25) is 0 Å². The lowest BCUT2D eigenvalue weighted by Gasteiger charge is -2.44. The van der Waals surface area contributed by atoms with Crippen LogP contribution in [0.3, 0.4) is 0 Å². The Kier molecular flexibility index (Phi) is 3.39. The largest absolute Gasteiger partial charge is 0.374 e. The van der Waals surface area contributed by atoms with E-state index in [2.05, 4.69) is 74.5 Å². The Labute approximate surface area is 121 Å². The molecule has 0 bridgehead atoms. The highest BCUT2D eigenvalue weighted by atomic mass is 16.5. The second-order valence-corrected chi connectivity index (χ2v) is 6.36. The number of hydrogen-bond acceptors (Lipinski definition) is 1. The minimum absolute atomic E-state index is 0.00194. The van der Waals surface area contributed by atoms with Crippen LogP contribution in [0.2, 0.25) is 0 Å². The van der Waals surface area contributed by atoms with Crippen molar-refractivity contribution >= 4 is 0 Å². The summed E-state index contributed by atoms with van der Waals surface area (Å²) in [5.74, 6) is 0. The van der Waals surface area contributed by atoms with E-state index >= 15 is 0 Å². The molecule has 20 heavy (non-hydrogen) atoms. The van der Waals surface area contributed by atoms with Crippen LogP contribution in [0.15, 0.2) is 60.7 Å². The van der Waals surface area contributed by atoms with Gasteiger partial charge in [-0.25, -0.2) is 0 Å². The Balaban J connectivity index is 2.06. The molecule has 0 saturated carbocycles. The minimum Gasteiger partial charge on any atom is -0.374 e. The van der Waals surface area contributed by atoms with Gasteiger partial charge >= 0.3 is 0 Å². The summed E-state index contributed by atoms with van der Waals surface area (Å²) in [5, 5.41) is 0. The first-order valence-electron chi connectivity index (χ1n) is 7.37. The highest BCUT2D eigenvalue weighted by molar-refractivity contribution is 5.40. The first-order valence-corrected chi connectivity index (χ1v) is 7.37. The molecule has 104 valence electrons. The van der Waals surface area contributed by atoms with Crippen molar-refractivity contribution in [2.75, 3.05) is 6.61 Å². The molecule has 1 fully saturated rings. The van der Waals surface area contributed by atoms with E-state index in [1.54, 1.807) is 0 Å². The van der Waals surface area contributed by atoms with Crippen molar-refractivity contribution in [3.63, 3.8) is 0 Å². The van der Waals surface area contributed by atoms with Crippen LogP contribution in [0.4, 0.5) is 0 Å². The average Bonchev–Trinajstić information content (AvgIpc) is 2.50. The lowest BCUT2D eigenvalue weighted by atomic mass is 9.69. The Morgan fingerprint density at radius 2 is 1.25 bits per heavy atom. The highest BCUT2D eigenvalue weighted by Gasteiger charge is 2.41. The molecule has 0 aromatic heterocycles. The molecule has 1 heteroatoms. The van der Waals surface area contributed by atoms with Gasteiger partial charge in [-0.1, -0.05) is 60.7 Å². The predicted octanol–water partition coefficient (Wildman–Crippen LogP) is 4.56. The van der Waals surface area contributed by atoms with Crippen LogP contribution in [-0.4, -0.2) is 12.2 Å². The molecule has 1 aliphatic rings. The van der Waals surface area contributed by atoms with Crippen LogP contribution >= 0.6 is 0 Å². The van der Waals surface area contributed by atoms with Crippen LogP contribution in [0.1, 0.15) is 37.8 Å². The van der Waals surface area contributed by atoms with Crippen molar-refractivity contribution in [1.82, 2.24) is 0 Å². The van der Waals surface area contributed by atoms with E-state index in [4.69, 9.17) is 4.74 Å². The number of ether oxygens (including phenoxy) is 1. The summed E-state index contributed by atoms with van der Waals surface area (Å²) in [6.45, 7) is 5.13. The van der Waals surface area contributed by atoms with Gasteiger partial charge in [-0.2, -0.15) is 0 Å². The topological polar surface area (TPSA) is 9.23 Å². The molecule has 1 heterocycles. The zero-order chi connectivity index (χ0) is 14.1. The van der Waals surface area contributed by atoms with Crippen LogP contribution in [0.5, 0.6) is 0 Å². The number of benzene rings is 2. The van der Waals surface area contributed by atoms with Gasteiger partial charge in [0.05, 0.1) is 12.2 Å². The molecule has 0 aliphatic carbocycles. The van der Waals surface area contributed by atoms with Crippen molar-refractivity contribution in [2.24, 2.45) is 0 Å². The normalized spacial score (nSPS) is 20.5. The molecule has 0 spiro atoms. The fourth-order valence-electron chi connectivity index (χ4n) is 3.11. The van der Waals surface area contributed by atoms with Gasteiger partial charge in [-0.15, -0.1) is 0 Å². The van der Waals surface area contributed by atoms with E-state index in [1.807, 2.05) is 0 Å². The third kappa shape index (κ3) is 2.38. The molecule has 1 saturated heterocycles. The first-order chi connectivity index (χ1) is 9.62. The van der Waals surface area contributed by atoms with Crippen molar-refractivity contribution in [2.45, 2.75) is 37.7 Å². The van der Waals surface area contributed by atoms with E-state index in [0.29, 0.717) is 0 Å². The summed E-state index contributed by atoms with van der Waals surface area (Å²) in [7, 11) is 0. The van der Waals surface area contributed by atoms with Crippen LogP contribution in [-0.2, 0) is 10.2 Å². The summed E-state index contributed by atoms with van der Waals surface area (Å²) in [4.78, 5) is 0.